The third-order valence-electron chi connectivity index (χ3n) is 6.17. The van der Waals surface area contributed by atoms with Gasteiger partial charge < -0.3 is 14.2 Å². The summed E-state index contributed by atoms with van der Waals surface area (Å²) in [6, 6.07) is 20.2. The number of para-hydroxylation sites is 2. The number of rotatable bonds is 6. The molecule has 5 rings (SSSR count). The summed E-state index contributed by atoms with van der Waals surface area (Å²) in [7, 11) is 1.63. The standard InChI is InChI=1S/C26H23ClFN3O2/c1-33-19-11-9-17(10-12-19)14-30-15-18(13-25(30)32)26-29-23-7-2-3-8-24(23)31(26)16-20-21(27)5-4-6-22(20)28/h2-12,18H,13-16H2,1H3/t18-/m1/s1. The molecule has 0 saturated carbocycles. The monoisotopic (exact) mass is 463 g/mol. The number of amides is 1. The van der Waals surface area contributed by atoms with Crippen molar-refractivity contribution < 1.29 is 13.9 Å². The van der Waals surface area contributed by atoms with Crippen LogP contribution in [0.1, 0.15) is 29.3 Å². The Morgan fingerprint density at radius 1 is 1.06 bits per heavy atom. The molecule has 2 heterocycles. The zero-order valence-corrected chi connectivity index (χ0v) is 18.9. The minimum atomic E-state index is -0.352. The molecule has 168 valence electrons. The van der Waals surface area contributed by atoms with Crippen LogP contribution in [-0.4, -0.2) is 34.0 Å². The summed E-state index contributed by atoms with van der Waals surface area (Å²) in [6.07, 6.45) is 0.366. The van der Waals surface area contributed by atoms with Crippen LogP contribution in [0.25, 0.3) is 11.0 Å². The molecule has 0 radical (unpaired) electrons. The highest BCUT2D eigenvalue weighted by Gasteiger charge is 2.34. The molecule has 0 unspecified atom stereocenters. The first kappa shape index (κ1) is 21.5. The molecule has 1 aliphatic heterocycles. The second-order valence-electron chi connectivity index (χ2n) is 8.27. The number of carbonyl (C=O) groups excluding carboxylic acids is 1. The van der Waals surface area contributed by atoms with Crippen LogP contribution in [0.2, 0.25) is 5.02 Å². The van der Waals surface area contributed by atoms with Gasteiger partial charge in [0.25, 0.3) is 0 Å². The lowest BCUT2D eigenvalue weighted by Gasteiger charge is -2.18. The molecular weight excluding hydrogens is 441 g/mol. The first-order valence-electron chi connectivity index (χ1n) is 10.8. The van der Waals surface area contributed by atoms with Crippen LogP contribution < -0.4 is 4.74 Å². The maximum Gasteiger partial charge on any atom is 0.223 e. The topological polar surface area (TPSA) is 47.4 Å². The van der Waals surface area contributed by atoms with Crippen LogP contribution in [-0.2, 0) is 17.9 Å². The molecular formula is C26H23ClFN3O2. The first-order chi connectivity index (χ1) is 16.0. The van der Waals surface area contributed by atoms with Crippen LogP contribution in [0, 0.1) is 5.82 Å². The summed E-state index contributed by atoms with van der Waals surface area (Å²) < 4.78 is 21.8. The van der Waals surface area contributed by atoms with Crippen molar-refractivity contribution in [2.75, 3.05) is 13.7 Å². The average molecular weight is 464 g/mol. The number of methoxy groups -OCH3 is 1. The molecule has 1 atom stereocenters. The van der Waals surface area contributed by atoms with E-state index in [9.17, 15) is 9.18 Å². The largest absolute Gasteiger partial charge is 0.497 e. The van der Waals surface area contributed by atoms with Gasteiger partial charge in [-0.25, -0.2) is 9.37 Å². The van der Waals surface area contributed by atoms with Crippen LogP contribution in [0.15, 0.2) is 66.7 Å². The molecule has 33 heavy (non-hydrogen) atoms. The van der Waals surface area contributed by atoms with Crippen molar-refractivity contribution in [3.8, 4) is 5.75 Å². The lowest BCUT2D eigenvalue weighted by molar-refractivity contribution is -0.128. The van der Waals surface area contributed by atoms with Gasteiger partial charge in [0.2, 0.25) is 5.91 Å². The number of imidazole rings is 1. The molecule has 0 N–H and O–H groups in total. The Morgan fingerprint density at radius 2 is 1.85 bits per heavy atom. The number of halogens is 2. The van der Waals surface area contributed by atoms with Gasteiger partial charge in [-0.05, 0) is 42.0 Å². The Bertz CT molecular complexity index is 1300. The van der Waals surface area contributed by atoms with Crippen molar-refractivity contribution in [3.63, 3.8) is 0 Å². The molecule has 5 nitrogen and oxygen atoms in total. The van der Waals surface area contributed by atoms with Crippen molar-refractivity contribution >= 4 is 28.5 Å². The predicted octanol–water partition coefficient (Wildman–Crippen LogP) is 5.40. The smallest absolute Gasteiger partial charge is 0.223 e. The van der Waals surface area contributed by atoms with Crippen LogP contribution >= 0.6 is 11.6 Å². The normalized spacial score (nSPS) is 16.0. The zero-order valence-electron chi connectivity index (χ0n) is 18.2. The summed E-state index contributed by atoms with van der Waals surface area (Å²) >= 11 is 6.32. The van der Waals surface area contributed by atoms with Crippen molar-refractivity contribution in [1.29, 1.82) is 0 Å². The molecule has 1 saturated heterocycles. The highest BCUT2D eigenvalue weighted by Crippen LogP contribution is 2.33. The molecule has 1 fully saturated rings. The lowest BCUT2D eigenvalue weighted by atomic mass is 10.1. The SMILES string of the molecule is COc1ccc(CN2C[C@H](c3nc4ccccc4n3Cc3c(F)cccc3Cl)CC2=O)cc1. The van der Waals surface area contributed by atoms with Crippen LogP contribution in [0.4, 0.5) is 4.39 Å². The van der Waals surface area contributed by atoms with Gasteiger partial charge in [0.05, 0.1) is 24.7 Å². The van der Waals surface area contributed by atoms with Gasteiger partial charge in [-0.1, -0.05) is 41.9 Å². The summed E-state index contributed by atoms with van der Waals surface area (Å²) in [6.45, 7) is 1.34. The van der Waals surface area contributed by atoms with Crippen LogP contribution in [0.3, 0.4) is 0 Å². The van der Waals surface area contributed by atoms with Gasteiger partial charge in [0, 0.05) is 36.0 Å². The van der Waals surface area contributed by atoms with Gasteiger partial charge in [-0.3, -0.25) is 4.79 Å². The van der Waals surface area contributed by atoms with Gasteiger partial charge in [0.15, 0.2) is 0 Å². The van der Waals surface area contributed by atoms with Gasteiger partial charge in [-0.2, -0.15) is 0 Å². The average Bonchev–Trinajstić information content (AvgIpc) is 3.37. The van der Waals surface area contributed by atoms with Gasteiger partial charge in [0.1, 0.15) is 17.4 Å². The van der Waals surface area contributed by atoms with E-state index in [-0.39, 0.29) is 24.2 Å². The fourth-order valence-corrected chi connectivity index (χ4v) is 4.69. The Labute approximate surface area is 196 Å². The van der Waals surface area contributed by atoms with E-state index in [1.54, 1.807) is 19.2 Å². The number of nitrogens with zero attached hydrogens (tertiary/aromatic N) is 3. The number of benzene rings is 3. The van der Waals surface area contributed by atoms with Gasteiger partial charge in [-0.15, -0.1) is 0 Å². The third kappa shape index (κ3) is 4.18. The maximum absolute atomic E-state index is 14.6. The molecule has 0 spiro atoms. The zero-order chi connectivity index (χ0) is 22.9. The highest BCUT2D eigenvalue weighted by molar-refractivity contribution is 6.31. The molecule has 0 bridgehead atoms. The van der Waals surface area contributed by atoms with Crippen molar-refractivity contribution in [3.05, 3.63) is 94.5 Å². The van der Waals surface area contributed by atoms with Crippen LogP contribution in [0.5, 0.6) is 5.75 Å². The highest BCUT2D eigenvalue weighted by atomic mass is 35.5. The number of likely N-dealkylation sites (tertiary alicyclic amines) is 1. The number of hydrogen-bond acceptors (Lipinski definition) is 3. The summed E-state index contributed by atoms with van der Waals surface area (Å²) in [5.74, 6) is 1.20. The third-order valence-corrected chi connectivity index (χ3v) is 6.53. The molecule has 4 aromatic rings. The number of fused-ring (bicyclic) bond motifs is 1. The summed E-state index contributed by atoms with van der Waals surface area (Å²) in [5, 5.41) is 0.377. The lowest BCUT2D eigenvalue weighted by Crippen LogP contribution is -2.24. The molecule has 3 aromatic carbocycles. The first-order valence-corrected chi connectivity index (χ1v) is 11.2. The van der Waals surface area contributed by atoms with E-state index in [1.165, 1.54) is 6.07 Å². The predicted molar refractivity (Wildman–Crippen MR) is 126 cm³/mol. The van der Waals surface area contributed by atoms with E-state index in [0.717, 1.165) is 28.2 Å². The number of ether oxygens (including phenoxy) is 1. The summed E-state index contributed by atoms with van der Waals surface area (Å²) in [4.78, 5) is 19.6. The van der Waals surface area contributed by atoms with E-state index in [0.29, 0.717) is 30.1 Å². The minimum Gasteiger partial charge on any atom is -0.497 e. The second kappa shape index (κ2) is 8.87. The molecule has 7 heteroatoms. The van der Waals surface area contributed by atoms with E-state index in [4.69, 9.17) is 21.3 Å². The van der Waals surface area contributed by atoms with E-state index < -0.39 is 0 Å². The number of hydrogen-bond donors (Lipinski definition) is 0. The Hall–Kier alpha value is -3.38. The van der Waals surface area contributed by atoms with E-state index >= 15 is 0 Å². The quantitative estimate of drug-likeness (QED) is 0.384. The fourth-order valence-electron chi connectivity index (χ4n) is 4.46. The Balaban J connectivity index is 1.46. The molecule has 0 aliphatic carbocycles. The molecule has 1 amide bonds. The number of aromatic nitrogens is 2. The van der Waals surface area contributed by atoms with Crippen molar-refractivity contribution in [2.24, 2.45) is 0 Å². The Kier molecular flexibility index (Phi) is 5.77. The van der Waals surface area contributed by atoms with Gasteiger partial charge >= 0.3 is 0 Å². The molecule has 1 aliphatic rings. The van der Waals surface area contributed by atoms with E-state index in [2.05, 4.69) is 0 Å². The van der Waals surface area contributed by atoms with E-state index in [1.807, 2.05) is 58.0 Å². The second-order valence-corrected chi connectivity index (χ2v) is 8.68. The Morgan fingerprint density at radius 3 is 2.61 bits per heavy atom. The molecule has 1 aromatic heterocycles. The number of carbonyl (C=O) groups is 1. The van der Waals surface area contributed by atoms with Crippen molar-refractivity contribution in [2.45, 2.75) is 25.4 Å². The maximum atomic E-state index is 14.6. The summed E-state index contributed by atoms with van der Waals surface area (Å²) in [5.41, 5.74) is 3.17. The fraction of sp³-hybridized carbons (Fsp3) is 0.231. The minimum absolute atomic E-state index is 0.0818. The van der Waals surface area contributed by atoms with Crippen molar-refractivity contribution in [1.82, 2.24) is 14.5 Å².